The molecule has 1 aliphatic carbocycles. The fourth-order valence-corrected chi connectivity index (χ4v) is 4.13. The van der Waals surface area contributed by atoms with Crippen molar-refractivity contribution in [2.45, 2.75) is 31.7 Å². The van der Waals surface area contributed by atoms with Crippen molar-refractivity contribution < 1.29 is 9.59 Å². The number of aromatic nitrogens is 2. The van der Waals surface area contributed by atoms with Gasteiger partial charge in [-0.3, -0.25) is 14.7 Å². The predicted molar refractivity (Wildman–Crippen MR) is 97.9 cm³/mol. The molecule has 7 heteroatoms. The number of rotatable bonds is 3. The number of fused-ring (bicyclic) bond motifs is 5. The van der Waals surface area contributed by atoms with E-state index in [1.807, 2.05) is 23.1 Å². The van der Waals surface area contributed by atoms with Gasteiger partial charge in [-0.2, -0.15) is 5.10 Å². The summed E-state index contributed by atoms with van der Waals surface area (Å²) in [6.45, 7) is 3.85. The molecule has 3 saturated heterocycles. The van der Waals surface area contributed by atoms with E-state index in [-0.39, 0.29) is 17.7 Å². The molecule has 0 unspecified atom stereocenters. The maximum Gasteiger partial charge on any atom is 0.275 e. The van der Waals surface area contributed by atoms with E-state index in [1.165, 1.54) is 0 Å². The highest BCUT2D eigenvalue weighted by Gasteiger charge is 2.34. The Labute approximate surface area is 151 Å². The van der Waals surface area contributed by atoms with Crippen LogP contribution in [0.25, 0.3) is 10.9 Å². The van der Waals surface area contributed by atoms with Crippen molar-refractivity contribution in [3.8, 4) is 0 Å². The largest absolute Gasteiger partial charge is 0.333 e. The molecule has 2 amide bonds. The van der Waals surface area contributed by atoms with E-state index in [2.05, 4.69) is 20.4 Å². The lowest BCUT2D eigenvalue weighted by atomic mass is 10.0. The highest BCUT2D eigenvalue weighted by Crippen LogP contribution is 2.31. The maximum atomic E-state index is 13.2. The van der Waals surface area contributed by atoms with E-state index < -0.39 is 0 Å². The van der Waals surface area contributed by atoms with Crippen molar-refractivity contribution in [2.24, 2.45) is 5.92 Å². The second kappa shape index (κ2) is 6.09. The summed E-state index contributed by atoms with van der Waals surface area (Å²) in [5.41, 5.74) is 2.01. The topological polar surface area (TPSA) is 81.3 Å². The summed E-state index contributed by atoms with van der Waals surface area (Å²) in [7, 11) is 0. The van der Waals surface area contributed by atoms with Gasteiger partial charge in [0.15, 0.2) is 5.69 Å². The Hall–Kier alpha value is -2.41. The summed E-state index contributed by atoms with van der Waals surface area (Å²) in [6.07, 6.45) is 4.02. The number of nitrogens with one attached hydrogen (secondary N) is 2. The van der Waals surface area contributed by atoms with Crippen LogP contribution in [0.3, 0.4) is 0 Å². The standard InChI is InChI=1S/C19H23N5O2/c25-18(12-1-2-12)20-13-3-4-16-15(11-13)17(22-21-16)19(26)24-10-9-23-7-5-14(24)6-8-23/h3-4,11-12,14H,1-2,5-10H2,(H,20,25)(H,21,22). The zero-order valence-corrected chi connectivity index (χ0v) is 14.7. The van der Waals surface area contributed by atoms with Gasteiger partial charge in [0.1, 0.15) is 0 Å². The molecule has 7 nitrogen and oxygen atoms in total. The molecule has 2 aromatic rings. The first kappa shape index (κ1) is 15.8. The number of carbonyl (C=O) groups is 2. The van der Waals surface area contributed by atoms with Crippen LogP contribution in [0.1, 0.15) is 36.2 Å². The van der Waals surface area contributed by atoms with Crippen LogP contribution in [-0.2, 0) is 4.79 Å². The number of H-pyrrole nitrogens is 1. The predicted octanol–water partition coefficient (Wildman–Crippen LogP) is 1.83. The van der Waals surface area contributed by atoms with Crippen LogP contribution in [0.5, 0.6) is 0 Å². The summed E-state index contributed by atoms with van der Waals surface area (Å²) >= 11 is 0. The number of piperidine rings is 1. The highest BCUT2D eigenvalue weighted by atomic mass is 16.2. The molecule has 26 heavy (non-hydrogen) atoms. The molecule has 1 aromatic heterocycles. The molecule has 6 rings (SSSR count). The van der Waals surface area contributed by atoms with Crippen molar-refractivity contribution in [2.75, 3.05) is 31.5 Å². The molecule has 136 valence electrons. The van der Waals surface area contributed by atoms with E-state index in [0.29, 0.717) is 11.7 Å². The fraction of sp³-hybridized carbons (Fsp3) is 0.526. The number of carbonyl (C=O) groups excluding carboxylic acids is 2. The van der Waals surface area contributed by atoms with Crippen molar-refractivity contribution in [3.63, 3.8) is 0 Å². The van der Waals surface area contributed by atoms with Crippen molar-refractivity contribution >= 4 is 28.4 Å². The van der Waals surface area contributed by atoms with E-state index in [0.717, 1.165) is 68.5 Å². The van der Waals surface area contributed by atoms with Crippen molar-refractivity contribution in [1.29, 1.82) is 0 Å². The highest BCUT2D eigenvalue weighted by molar-refractivity contribution is 6.06. The lowest BCUT2D eigenvalue weighted by Gasteiger charge is -2.31. The van der Waals surface area contributed by atoms with Crippen molar-refractivity contribution in [3.05, 3.63) is 23.9 Å². The van der Waals surface area contributed by atoms with Crippen LogP contribution in [-0.4, -0.2) is 64.0 Å². The summed E-state index contributed by atoms with van der Waals surface area (Å²) in [5.74, 6) is 0.216. The van der Waals surface area contributed by atoms with Gasteiger partial charge in [-0.05, 0) is 43.9 Å². The van der Waals surface area contributed by atoms with Crippen molar-refractivity contribution in [1.82, 2.24) is 20.0 Å². The zero-order chi connectivity index (χ0) is 17.7. The molecule has 0 spiro atoms. The molecule has 3 aliphatic heterocycles. The minimum Gasteiger partial charge on any atom is -0.333 e. The third-order valence-corrected chi connectivity index (χ3v) is 5.90. The van der Waals surface area contributed by atoms with Gasteiger partial charge in [-0.25, -0.2) is 0 Å². The van der Waals surface area contributed by atoms with E-state index >= 15 is 0 Å². The van der Waals surface area contributed by atoms with Gasteiger partial charge in [0.2, 0.25) is 5.91 Å². The molecule has 0 radical (unpaired) electrons. The molecule has 2 bridgehead atoms. The molecule has 4 heterocycles. The number of amides is 2. The van der Waals surface area contributed by atoms with Gasteiger partial charge in [-0.15, -0.1) is 0 Å². The first-order valence-corrected chi connectivity index (χ1v) is 9.51. The average Bonchev–Trinajstić information content (AvgIpc) is 3.47. The van der Waals surface area contributed by atoms with E-state index in [4.69, 9.17) is 0 Å². The SMILES string of the molecule is O=C(Nc1ccc2[nH]nc(C(=O)N3CCN4CCC3CC4)c2c1)C1CC1. The fourth-order valence-electron chi connectivity index (χ4n) is 4.13. The van der Waals surface area contributed by atoms with E-state index in [9.17, 15) is 9.59 Å². The number of nitrogens with zero attached hydrogens (tertiary/aromatic N) is 3. The number of benzene rings is 1. The lowest BCUT2D eigenvalue weighted by molar-refractivity contribution is -0.117. The van der Waals surface area contributed by atoms with Gasteiger partial charge in [0, 0.05) is 49.2 Å². The Morgan fingerprint density at radius 2 is 1.88 bits per heavy atom. The Balaban J connectivity index is 1.44. The molecule has 1 saturated carbocycles. The minimum atomic E-state index is -0.00401. The zero-order valence-electron chi connectivity index (χ0n) is 14.7. The Morgan fingerprint density at radius 3 is 2.65 bits per heavy atom. The molecular weight excluding hydrogens is 330 g/mol. The van der Waals surface area contributed by atoms with Crippen LogP contribution in [0.4, 0.5) is 5.69 Å². The second-order valence-electron chi connectivity index (χ2n) is 7.67. The van der Waals surface area contributed by atoms with Crippen LogP contribution in [0, 0.1) is 5.92 Å². The monoisotopic (exact) mass is 353 g/mol. The Bertz CT molecular complexity index is 864. The Kier molecular flexibility index (Phi) is 3.70. The quantitative estimate of drug-likeness (QED) is 0.882. The lowest BCUT2D eigenvalue weighted by Crippen LogP contribution is -2.41. The Morgan fingerprint density at radius 1 is 1.08 bits per heavy atom. The number of anilines is 1. The summed E-state index contributed by atoms with van der Waals surface area (Å²) < 4.78 is 0. The van der Waals surface area contributed by atoms with E-state index in [1.54, 1.807) is 0 Å². The van der Waals surface area contributed by atoms with Crippen LogP contribution < -0.4 is 5.32 Å². The number of hydrogen-bond acceptors (Lipinski definition) is 4. The second-order valence-corrected chi connectivity index (χ2v) is 7.67. The normalized spacial score (nSPS) is 25.3. The van der Waals surface area contributed by atoms with Gasteiger partial charge < -0.3 is 15.1 Å². The first-order valence-electron chi connectivity index (χ1n) is 9.51. The smallest absolute Gasteiger partial charge is 0.275 e. The molecule has 0 atom stereocenters. The number of hydrogen-bond donors (Lipinski definition) is 2. The molecule has 4 fully saturated rings. The van der Waals surface area contributed by atoms with Crippen LogP contribution in [0.2, 0.25) is 0 Å². The minimum absolute atomic E-state index is 0.00401. The summed E-state index contributed by atoms with van der Waals surface area (Å²) in [4.78, 5) is 29.7. The van der Waals surface area contributed by atoms with Gasteiger partial charge in [-0.1, -0.05) is 0 Å². The van der Waals surface area contributed by atoms with Gasteiger partial charge >= 0.3 is 0 Å². The first-order chi connectivity index (χ1) is 12.7. The summed E-state index contributed by atoms with van der Waals surface area (Å²) in [6, 6.07) is 5.91. The molecule has 1 aromatic carbocycles. The molecular formula is C19H23N5O2. The number of aromatic amines is 1. The summed E-state index contributed by atoms with van der Waals surface area (Å²) in [5, 5.41) is 11.0. The average molecular weight is 353 g/mol. The molecule has 2 N–H and O–H groups in total. The van der Waals surface area contributed by atoms with Crippen LogP contribution >= 0.6 is 0 Å². The van der Waals surface area contributed by atoms with Crippen LogP contribution in [0.15, 0.2) is 18.2 Å². The van der Waals surface area contributed by atoms with Gasteiger partial charge in [0.25, 0.3) is 5.91 Å². The third kappa shape index (κ3) is 2.76. The molecule has 4 aliphatic rings. The third-order valence-electron chi connectivity index (χ3n) is 5.90. The van der Waals surface area contributed by atoms with Gasteiger partial charge in [0.05, 0.1) is 5.52 Å². The maximum absolute atomic E-state index is 13.2.